The van der Waals surface area contributed by atoms with Crippen LogP contribution >= 0.6 is 15.9 Å². The van der Waals surface area contributed by atoms with Gasteiger partial charge in [0.25, 0.3) is 0 Å². The van der Waals surface area contributed by atoms with Crippen LogP contribution in [0.5, 0.6) is 5.75 Å². The first-order chi connectivity index (χ1) is 7.00. The van der Waals surface area contributed by atoms with Crippen molar-refractivity contribution >= 4 is 21.9 Å². The lowest BCUT2D eigenvalue weighted by Gasteiger charge is -2.10. The highest BCUT2D eigenvalue weighted by atomic mass is 79.9. The van der Waals surface area contributed by atoms with E-state index in [1.807, 2.05) is 0 Å². The Morgan fingerprint density at radius 2 is 2.33 bits per heavy atom. The van der Waals surface area contributed by atoms with Crippen LogP contribution in [-0.2, 0) is 4.79 Å². The Bertz CT molecular complexity index is 372. The summed E-state index contributed by atoms with van der Waals surface area (Å²) in [6.07, 6.45) is 0. The van der Waals surface area contributed by atoms with Crippen LogP contribution in [0.15, 0.2) is 22.7 Å². The zero-order chi connectivity index (χ0) is 11.4. The monoisotopic (exact) mass is 277 g/mol. The zero-order valence-corrected chi connectivity index (χ0v) is 9.20. The summed E-state index contributed by atoms with van der Waals surface area (Å²) in [6.45, 7) is -0.167. The van der Waals surface area contributed by atoms with Gasteiger partial charge in [-0.2, -0.15) is 0 Å². The van der Waals surface area contributed by atoms with Crippen LogP contribution in [0.4, 0.5) is 4.39 Å². The molecule has 0 spiro atoms. The standard InChI is InChI=1S/C9H9BrFNO3/c10-6-3-5(11)1-2-8(6)15-4-7(12)9(13)14/h1-3,7H,4,12H2,(H,13,14). The molecule has 1 aromatic rings. The van der Waals surface area contributed by atoms with Crippen LogP contribution < -0.4 is 10.5 Å². The number of carbonyl (C=O) groups is 1. The molecule has 3 N–H and O–H groups in total. The van der Waals surface area contributed by atoms with Crippen molar-refractivity contribution in [2.45, 2.75) is 6.04 Å². The lowest BCUT2D eigenvalue weighted by Crippen LogP contribution is -2.36. The molecule has 0 saturated heterocycles. The molecule has 4 nitrogen and oxygen atoms in total. The van der Waals surface area contributed by atoms with Gasteiger partial charge in [0.1, 0.15) is 24.2 Å². The molecule has 1 aromatic carbocycles. The number of aliphatic carboxylic acids is 1. The lowest BCUT2D eigenvalue weighted by atomic mass is 10.3. The molecule has 1 atom stereocenters. The van der Waals surface area contributed by atoms with Crippen molar-refractivity contribution in [3.8, 4) is 5.75 Å². The minimum absolute atomic E-state index is 0.167. The van der Waals surface area contributed by atoms with Gasteiger partial charge in [-0.05, 0) is 34.1 Å². The van der Waals surface area contributed by atoms with Gasteiger partial charge in [-0.1, -0.05) is 0 Å². The van der Waals surface area contributed by atoms with Gasteiger partial charge >= 0.3 is 5.97 Å². The molecule has 0 aromatic heterocycles. The van der Waals surface area contributed by atoms with E-state index in [9.17, 15) is 9.18 Å². The van der Waals surface area contributed by atoms with E-state index in [2.05, 4.69) is 15.9 Å². The fourth-order valence-corrected chi connectivity index (χ4v) is 1.31. The molecule has 0 aliphatic carbocycles. The number of ether oxygens (including phenoxy) is 1. The summed E-state index contributed by atoms with van der Waals surface area (Å²) in [5, 5.41) is 8.50. The van der Waals surface area contributed by atoms with Crippen LogP contribution in [0.25, 0.3) is 0 Å². The molecule has 1 unspecified atom stereocenters. The van der Waals surface area contributed by atoms with E-state index in [1.165, 1.54) is 18.2 Å². The van der Waals surface area contributed by atoms with E-state index < -0.39 is 17.8 Å². The van der Waals surface area contributed by atoms with Gasteiger partial charge in [-0.3, -0.25) is 4.79 Å². The Morgan fingerprint density at radius 1 is 1.67 bits per heavy atom. The summed E-state index contributed by atoms with van der Waals surface area (Å²) in [6, 6.07) is 2.74. The van der Waals surface area contributed by atoms with E-state index >= 15 is 0 Å². The first-order valence-electron chi connectivity index (χ1n) is 4.07. The molecular weight excluding hydrogens is 269 g/mol. The molecule has 1 rings (SSSR count). The lowest BCUT2D eigenvalue weighted by molar-refractivity contribution is -0.139. The highest BCUT2D eigenvalue weighted by molar-refractivity contribution is 9.10. The highest BCUT2D eigenvalue weighted by Crippen LogP contribution is 2.25. The predicted octanol–water partition coefficient (Wildman–Crippen LogP) is 1.38. The molecule has 0 aliphatic rings. The van der Waals surface area contributed by atoms with Crippen LogP contribution in [0.2, 0.25) is 0 Å². The first-order valence-corrected chi connectivity index (χ1v) is 4.86. The van der Waals surface area contributed by atoms with Gasteiger partial charge in [0.15, 0.2) is 0 Å². The summed E-state index contributed by atoms with van der Waals surface area (Å²) in [5.41, 5.74) is 5.23. The number of carboxylic acid groups (broad SMARTS) is 1. The van der Waals surface area contributed by atoms with Crippen LogP contribution in [0.1, 0.15) is 0 Å². The van der Waals surface area contributed by atoms with Gasteiger partial charge in [-0.15, -0.1) is 0 Å². The highest BCUT2D eigenvalue weighted by Gasteiger charge is 2.13. The topological polar surface area (TPSA) is 72.5 Å². The number of hydrogen-bond acceptors (Lipinski definition) is 3. The van der Waals surface area contributed by atoms with E-state index in [-0.39, 0.29) is 6.61 Å². The summed E-state index contributed by atoms with van der Waals surface area (Å²) >= 11 is 3.08. The molecule has 0 bridgehead atoms. The Labute approximate surface area is 94.0 Å². The summed E-state index contributed by atoms with van der Waals surface area (Å²) < 4.78 is 18.2. The molecule has 0 heterocycles. The zero-order valence-electron chi connectivity index (χ0n) is 7.61. The van der Waals surface area contributed by atoms with Crippen molar-refractivity contribution in [2.24, 2.45) is 5.73 Å². The van der Waals surface area contributed by atoms with Gasteiger partial charge in [-0.25, -0.2) is 4.39 Å². The van der Waals surface area contributed by atoms with Gasteiger partial charge in [0.2, 0.25) is 0 Å². The Kier molecular flexibility index (Phi) is 4.05. The van der Waals surface area contributed by atoms with Crippen molar-refractivity contribution in [2.75, 3.05) is 6.61 Å². The van der Waals surface area contributed by atoms with E-state index in [1.54, 1.807) is 0 Å². The van der Waals surface area contributed by atoms with E-state index in [0.717, 1.165) is 0 Å². The van der Waals surface area contributed by atoms with Crippen molar-refractivity contribution in [3.63, 3.8) is 0 Å². The summed E-state index contributed by atoms with van der Waals surface area (Å²) in [7, 11) is 0. The number of rotatable bonds is 4. The second-order valence-corrected chi connectivity index (χ2v) is 3.68. The second-order valence-electron chi connectivity index (χ2n) is 2.83. The van der Waals surface area contributed by atoms with Gasteiger partial charge < -0.3 is 15.6 Å². The minimum Gasteiger partial charge on any atom is -0.490 e. The maximum Gasteiger partial charge on any atom is 0.324 e. The molecule has 0 saturated carbocycles. The summed E-state index contributed by atoms with van der Waals surface area (Å²) in [4.78, 5) is 10.4. The third-order valence-electron chi connectivity index (χ3n) is 1.63. The van der Waals surface area contributed by atoms with Gasteiger partial charge in [0, 0.05) is 0 Å². The molecule has 0 aliphatic heterocycles. The van der Waals surface area contributed by atoms with Crippen LogP contribution in [-0.4, -0.2) is 23.7 Å². The third kappa shape index (κ3) is 3.49. The number of carboxylic acids is 1. The third-order valence-corrected chi connectivity index (χ3v) is 2.25. The van der Waals surface area contributed by atoms with E-state index in [4.69, 9.17) is 15.6 Å². The molecular formula is C9H9BrFNO3. The van der Waals surface area contributed by atoms with Crippen molar-refractivity contribution < 1.29 is 19.0 Å². The van der Waals surface area contributed by atoms with Crippen molar-refractivity contribution in [3.05, 3.63) is 28.5 Å². The average Bonchev–Trinajstić information content (AvgIpc) is 2.15. The van der Waals surface area contributed by atoms with E-state index in [0.29, 0.717) is 10.2 Å². The minimum atomic E-state index is -1.15. The molecule has 0 fully saturated rings. The number of benzene rings is 1. The fourth-order valence-electron chi connectivity index (χ4n) is 0.843. The molecule has 0 amide bonds. The quantitative estimate of drug-likeness (QED) is 0.872. The Balaban J connectivity index is 2.62. The molecule has 0 radical (unpaired) electrons. The van der Waals surface area contributed by atoms with Crippen LogP contribution in [0.3, 0.4) is 0 Å². The molecule has 15 heavy (non-hydrogen) atoms. The predicted molar refractivity (Wildman–Crippen MR) is 55.2 cm³/mol. The molecule has 82 valence electrons. The smallest absolute Gasteiger partial charge is 0.324 e. The maximum atomic E-state index is 12.7. The van der Waals surface area contributed by atoms with Crippen molar-refractivity contribution in [1.29, 1.82) is 0 Å². The second kappa shape index (κ2) is 5.09. The first kappa shape index (κ1) is 11.9. The summed E-state index contributed by atoms with van der Waals surface area (Å²) in [5.74, 6) is -1.20. The fraction of sp³-hybridized carbons (Fsp3) is 0.222. The average molecular weight is 278 g/mol. The van der Waals surface area contributed by atoms with Gasteiger partial charge in [0.05, 0.1) is 4.47 Å². The number of nitrogens with two attached hydrogens (primary N) is 1. The Morgan fingerprint density at radius 3 is 2.87 bits per heavy atom. The maximum absolute atomic E-state index is 12.7. The number of halogens is 2. The van der Waals surface area contributed by atoms with Crippen molar-refractivity contribution in [1.82, 2.24) is 0 Å². The number of hydrogen-bond donors (Lipinski definition) is 2. The SMILES string of the molecule is NC(COc1ccc(F)cc1Br)C(=O)O. The molecule has 6 heteroatoms. The Hall–Kier alpha value is -1.14. The van der Waals surface area contributed by atoms with Crippen LogP contribution in [0, 0.1) is 5.82 Å². The largest absolute Gasteiger partial charge is 0.490 e. The normalized spacial score (nSPS) is 12.2.